The molecule has 1 amide bonds. The minimum atomic E-state index is -0.725. The molecule has 0 saturated heterocycles. The van der Waals surface area contributed by atoms with Gasteiger partial charge in [-0.3, -0.25) is 9.59 Å². The maximum atomic E-state index is 13.9. The molecule has 0 radical (unpaired) electrons. The van der Waals surface area contributed by atoms with E-state index in [-0.39, 0.29) is 18.2 Å². The molecule has 0 N–H and O–H groups in total. The third kappa shape index (κ3) is 4.42. The Bertz CT molecular complexity index is 1220. The molecular formula is C31H42N2O5. The van der Waals surface area contributed by atoms with E-state index in [0.29, 0.717) is 54.0 Å². The Kier molecular flexibility index (Phi) is 7.10. The molecule has 38 heavy (non-hydrogen) atoms. The summed E-state index contributed by atoms with van der Waals surface area (Å²) in [6.07, 6.45) is 7.39. The lowest BCUT2D eigenvalue weighted by Crippen LogP contribution is -2.47. The highest BCUT2D eigenvalue weighted by atomic mass is 16.7. The highest BCUT2D eigenvalue weighted by molar-refractivity contribution is 6.03. The predicted octanol–water partition coefficient (Wildman–Crippen LogP) is 5.12. The Morgan fingerprint density at radius 3 is 2.37 bits per heavy atom. The number of carbonyl (C=O) groups is 2. The third-order valence-corrected chi connectivity index (χ3v) is 9.34. The van der Waals surface area contributed by atoms with Crippen molar-refractivity contribution in [2.45, 2.75) is 85.0 Å². The molecule has 1 unspecified atom stereocenters. The predicted molar refractivity (Wildman–Crippen MR) is 147 cm³/mol. The number of ketones is 1. The number of hydrogen-bond donors (Lipinski definition) is 0. The fourth-order valence-electron chi connectivity index (χ4n) is 6.80. The number of nitrogens with zero attached hydrogens (tertiary/aromatic N) is 2. The summed E-state index contributed by atoms with van der Waals surface area (Å²) < 4.78 is 18.8. The fourth-order valence-corrected chi connectivity index (χ4v) is 6.80. The zero-order valence-corrected chi connectivity index (χ0v) is 24.0. The molecule has 2 aliphatic carbocycles. The van der Waals surface area contributed by atoms with Crippen molar-refractivity contribution in [1.29, 1.82) is 0 Å². The lowest BCUT2D eigenvalue weighted by Gasteiger charge is -2.39. The molecule has 1 aromatic rings. The van der Waals surface area contributed by atoms with Crippen molar-refractivity contribution in [3.05, 3.63) is 45.2 Å². The molecule has 0 spiro atoms. The fraction of sp³-hybridized carbons (Fsp3) is 0.613. The minimum Gasteiger partial charge on any atom is -0.496 e. The van der Waals surface area contributed by atoms with E-state index in [1.165, 1.54) is 0 Å². The van der Waals surface area contributed by atoms with Gasteiger partial charge < -0.3 is 24.0 Å². The van der Waals surface area contributed by atoms with Crippen LogP contribution in [0.15, 0.2) is 23.0 Å². The van der Waals surface area contributed by atoms with Crippen molar-refractivity contribution in [3.63, 3.8) is 0 Å². The van der Waals surface area contributed by atoms with Crippen LogP contribution in [0.2, 0.25) is 0 Å². The molecule has 0 bridgehead atoms. The number of ether oxygens (including phenoxy) is 3. The molecule has 0 aromatic heterocycles. The lowest BCUT2D eigenvalue weighted by molar-refractivity contribution is -0.123. The number of carbonyl (C=O) groups excluding carboxylic acids is 2. The van der Waals surface area contributed by atoms with Gasteiger partial charge in [0, 0.05) is 43.0 Å². The molecule has 2 heterocycles. The SMILES string of the molecule is CCN(C)C1CCC(C2(C)Oc3c(C)c4c(c(C)c3O2)C(=O)N(CC2=C(OC)C=C(C)CC2=O)CC4)CC1. The quantitative estimate of drug-likeness (QED) is 0.517. The van der Waals surface area contributed by atoms with Gasteiger partial charge >= 0.3 is 0 Å². The van der Waals surface area contributed by atoms with Crippen molar-refractivity contribution in [3.8, 4) is 11.5 Å². The van der Waals surface area contributed by atoms with Gasteiger partial charge in [0.05, 0.1) is 19.2 Å². The van der Waals surface area contributed by atoms with E-state index in [0.717, 1.165) is 60.2 Å². The summed E-state index contributed by atoms with van der Waals surface area (Å²) in [5.41, 5.74) is 5.12. The Morgan fingerprint density at radius 2 is 1.74 bits per heavy atom. The number of hydrogen-bond acceptors (Lipinski definition) is 6. The maximum absolute atomic E-state index is 13.9. The number of allylic oxidation sites excluding steroid dienone is 2. The van der Waals surface area contributed by atoms with Gasteiger partial charge in [-0.1, -0.05) is 12.5 Å². The second kappa shape index (κ2) is 10.1. The average Bonchev–Trinajstić information content (AvgIpc) is 3.28. The van der Waals surface area contributed by atoms with Gasteiger partial charge in [0.25, 0.3) is 11.7 Å². The summed E-state index contributed by atoms with van der Waals surface area (Å²) in [5, 5.41) is 0. The van der Waals surface area contributed by atoms with Gasteiger partial charge in [0.15, 0.2) is 17.3 Å². The first-order valence-corrected chi connectivity index (χ1v) is 14.1. The van der Waals surface area contributed by atoms with Crippen LogP contribution in [0.5, 0.6) is 11.5 Å². The molecule has 1 saturated carbocycles. The number of fused-ring (bicyclic) bond motifs is 2. The Morgan fingerprint density at radius 1 is 1.08 bits per heavy atom. The maximum Gasteiger partial charge on any atom is 0.254 e. The zero-order chi connectivity index (χ0) is 27.4. The van der Waals surface area contributed by atoms with Crippen LogP contribution in [0, 0.1) is 19.8 Å². The molecule has 7 heteroatoms. The standard InChI is InChI=1S/C31H42N2O5/c1-8-32(6)22-11-9-21(10-12-22)31(5)37-28-19(3)23-13-14-33(30(35)27(23)20(4)29(28)38-31)17-24-25(34)15-18(2)16-26(24)36-7/h16,21-22H,8-15,17H2,1-7H3. The summed E-state index contributed by atoms with van der Waals surface area (Å²) in [7, 11) is 3.78. The largest absolute Gasteiger partial charge is 0.496 e. The molecule has 5 rings (SSSR count). The molecule has 206 valence electrons. The zero-order valence-electron chi connectivity index (χ0n) is 24.0. The van der Waals surface area contributed by atoms with Crippen LogP contribution in [-0.4, -0.2) is 67.1 Å². The van der Waals surface area contributed by atoms with Crippen molar-refractivity contribution in [1.82, 2.24) is 9.80 Å². The van der Waals surface area contributed by atoms with E-state index in [4.69, 9.17) is 14.2 Å². The first kappa shape index (κ1) is 26.8. The first-order valence-electron chi connectivity index (χ1n) is 14.1. The van der Waals surface area contributed by atoms with Crippen molar-refractivity contribution in [2.24, 2.45) is 5.92 Å². The molecule has 2 aliphatic heterocycles. The Hall–Kier alpha value is -2.80. The van der Waals surface area contributed by atoms with Crippen LogP contribution in [0.25, 0.3) is 0 Å². The average molecular weight is 523 g/mol. The third-order valence-electron chi connectivity index (χ3n) is 9.34. The first-order chi connectivity index (χ1) is 18.1. The van der Waals surface area contributed by atoms with Gasteiger partial charge in [-0.05, 0) is 83.7 Å². The summed E-state index contributed by atoms with van der Waals surface area (Å²) in [6, 6.07) is 0.618. The van der Waals surface area contributed by atoms with Crippen LogP contribution < -0.4 is 9.47 Å². The topological polar surface area (TPSA) is 68.3 Å². The Balaban J connectivity index is 1.40. The number of amides is 1. The number of benzene rings is 1. The monoisotopic (exact) mass is 522 g/mol. The molecule has 1 aromatic carbocycles. The Labute approximate surface area is 226 Å². The highest BCUT2D eigenvalue weighted by Crippen LogP contribution is 2.52. The molecule has 4 aliphatic rings. The van der Waals surface area contributed by atoms with Crippen molar-refractivity contribution in [2.75, 3.05) is 33.8 Å². The van der Waals surface area contributed by atoms with Crippen LogP contribution >= 0.6 is 0 Å². The van der Waals surface area contributed by atoms with Gasteiger partial charge in [0.2, 0.25) is 0 Å². The van der Waals surface area contributed by atoms with Gasteiger partial charge in [-0.15, -0.1) is 0 Å². The molecule has 7 nitrogen and oxygen atoms in total. The molecule has 1 fully saturated rings. The van der Waals surface area contributed by atoms with Gasteiger partial charge in [-0.2, -0.15) is 0 Å². The highest BCUT2D eigenvalue weighted by Gasteiger charge is 2.48. The second-order valence-electron chi connectivity index (χ2n) is 11.7. The minimum absolute atomic E-state index is 0.0228. The van der Waals surface area contributed by atoms with E-state index in [1.807, 2.05) is 26.8 Å². The molecule has 1 atom stereocenters. The van der Waals surface area contributed by atoms with Crippen LogP contribution in [0.3, 0.4) is 0 Å². The van der Waals surface area contributed by atoms with E-state index in [1.54, 1.807) is 12.0 Å². The van der Waals surface area contributed by atoms with E-state index in [9.17, 15) is 9.59 Å². The van der Waals surface area contributed by atoms with Gasteiger partial charge in [0.1, 0.15) is 5.76 Å². The number of rotatable bonds is 6. The number of Topliss-reactive ketones (excluding diaryl/α,β-unsaturated/α-hetero) is 1. The molecular weight excluding hydrogens is 480 g/mol. The van der Waals surface area contributed by atoms with Crippen LogP contribution in [0.1, 0.15) is 79.9 Å². The van der Waals surface area contributed by atoms with Gasteiger partial charge in [-0.25, -0.2) is 0 Å². The van der Waals surface area contributed by atoms with E-state index in [2.05, 4.69) is 25.8 Å². The van der Waals surface area contributed by atoms with Crippen LogP contribution in [-0.2, 0) is 16.0 Å². The smallest absolute Gasteiger partial charge is 0.254 e. The van der Waals surface area contributed by atoms with Crippen molar-refractivity contribution < 1.29 is 23.8 Å². The lowest BCUT2D eigenvalue weighted by atomic mass is 9.81. The summed E-state index contributed by atoms with van der Waals surface area (Å²) >= 11 is 0. The summed E-state index contributed by atoms with van der Waals surface area (Å²) in [5.74, 6) is 1.60. The summed E-state index contributed by atoms with van der Waals surface area (Å²) in [6.45, 7) is 12.1. The number of methoxy groups -OCH3 is 1. The van der Waals surface area contributed by atoms with E-state index < -0.39 is 5.79 Å². The van der Waals surface area contributed by atoms with E-state index >= 15 is 0 Å². The normalized spacial score (nSPS) is 27.2. The summed E-state index contributed by atoms with van der Waals surface area (Å²) in [4.78, 5) is 30.9. The van der Waals surface area contributed by atoms with Crippen LogP contribution in [0.4, 0.5) is 0 Å². The second-order valence-corrected chi connectivity index (χ2v) is 11.7. The van der Waals surface area contributed by atoms with Crippen molar-refractivity contribution >= 4 is 11.7 Å².